The smallest absolute Gasteiger partial charge is 0.363 e. The molecule has 3 aromatic rings. The molecule has 0 amide bonds. The van der Waals surface area contributed by atoms with Gasteiger partial charge in [0, 0.05) is 40.7 Å². The van der Waals surface area contributed by atoms with E-state index in [4.69, 9.17) is 18.9 Å². The number of cyclic esters (lactones) is 1. The van der Waals surface area contributed by atoms with E-state index in [1.807, 2.05) is 0 Å². The number of carbonyl (C=O) groups is 3. The van der Waals surface area contributed by atoms with E-state index in [0.29, 0.717) is 21.2 Å². The largest absolute Gasteiger partial charge is 0.493 e. The highest BCUT2D eigenvalue weighted by Gasteiger charge is 2.26. The summed E-state index contributed by atoms with van der Waals surface area (Å²) in [7, 11) is 1.40. The van der Waals surface area contributed by atoms with E-state index in [9.17, 15) is 24.5 Å². The van der Waals surface area contributed by atoms with Gasteiger partial charge in [-0.2, -0.15) is 0 Å². The molecule has 0 radical (unpaired) electrons. The summed E-state index contributed by atoms with van der Waals surface area (Å²) in [5.74, 6) is -1.36. The van der Waals surface area contributed by atoms with Crippen LogP contribution in [0.5, 0.6) is 17.2 Å². The molecule has 0 bridgehead atoms. The average molecular weight is 607 g/mol. The fourth-order valence-electron chi connectivity index (χ4n) is 3.46. The van der Waals surface area contributed by atoms with Crippen LogP contribution in [0.2, 0.25) is 0 Å². The number of rotatable bonds is 8. The third-order valence-electron chi connectivity index (χ3n) is 5.28. The van der Waals surface area contributed by atoms with Crippen LogP contribution in [0.1, 0.15) is 23.6 Å². The minimum absolute atomic E-state index is 0.00324. The number of hydrogen-bond acceptors (Lipinski definition) is 10. The van der Waals surface area contributed by atoms with Crippen LogP contribution < -0.4 is 14.2 Å². The Labute approximate surface area is 235 Å². The number of ether oxygens (including phenoxy) is 4. The van der Waals surface area contributed by atoms with Crippen LogP contribution in [0.4, 0.5) is 5.69 Å². The molecule has 40 heavy (non-hydrogen) atoms. The van der Waals surface area contributed by atoms with Crippen molar-refractivity contribution in [3.63, 3.8) is 0 Å². The number of nitro benzene ring substituents is 1. The Bertz CT molecular complexity index is 1610. The molecular weight excluding hydrogens is 588 g/mol. The molecule has 0 spiro atoms. The monoisotopic (exact) mass is 606 g/mol. The van der Waals surface area contributed by atoms with Gasteiger partial charge in [0.05, 0.1) is 12.0 Å². The van der Waals surface area contributed by atoms with Gasteiger partial charge < -0.3 is 18.9 Å². The third kappa shape index (κ3) is 6.85. The maximum Gasteiger partial charge on any atom is 0.363 e. The van der Waals surface area contributed by atoms with Crippen LogP contribution in [-0.4, -0.2) is 35.8 Å². The second kappa shape index (κ2) is 12.2. The van der Waals surface area contributed by atoms with Crippen molar-refractivity contribution < 1.29 is 38.3 Å². The van der Waals surface area contributed by atoms with Crippen LogP contribution in [0.15, 0.2) is 81.9 Å². The first-order chi connectivity index (χ1) is 19.1. The Balaban J connectivity index is 1.56. The molecule has 1 aliphatic rings. The van der Waals surface area contributed by atoms with Crippen LogP contribution in [0.3, 0.4) is 0 Å². The molecule has 12 heteroatoms. The highest BCUT2D eigenvalue weighted by Crippen LogP contribution is 2.31. The van der Waals surface area contributed by atoms with Crippen LogP contribution in [-0.2, 0) is 19.1 Å². The Morgan fingerprint density at radius 1 is 1.00 bits per heavy atom. The first-order valence-corrected chi connectivity index (χ1v) is 12.3. The van der Waals surface area contributed by atoms with Gasteiger partial charge in [-0.15, -0.1) is 0 Å². The van der Waals surface area contributed by atoms with Crippen LogP contribution >= 0.6 is 15.9 Å². The second-order valence-corrected chi connectivity index (χ2v) is 9.00. The van der Waals surface area contributed by atoms with Gasteiger partial charge in [-0.05, 0) is 66.2 Å². The van der Waals surface area contributed by atoms with Gasteiger partial charge in [0.2, 0.25) is 5.90 Å². The number of methoxy groups -OCH3 is 1. The highest BCUT2D eigenvalue weighted by atomic mass is 79.9. The molecule has 4 rings (SSSR count). The zero-order valence-corrected chi connectivity index (χ0v) is 22.5. The predicted molar refractivity (Wildman–Crippen MR) is 147 cm³/mol. The summed E-state index contributed by atoms with van der Waals surface area (Å²) >= 11 is 3.36. The zero-order chi connectivity index (χ0) is 28.8. The molecule has 1 heterocycles. The lowest BCUT2D eigenvalue weighted by molar-refractivity contribution is -0.384. The predicted octanol–water partition coefficient (Wildman–Crippen LogP) is 5.25. The maximum atomic E-state index is 12.6. The van der Waals surface area contributed by atoms with Gasteiger partial charge in [-0.3, -0.25) is 14.9 Å². The fourth-order valence-corrected chi connectivity index (χ4v) is 3.84. The van der Waals surface area contributed by atoms with Crippen molar-refractivity contribution in [3.05, 3.63) is 104 Å². The summed E-state index contributed by atoms with van der Waals surface area (Å²) in [6.45, 7) is 1.26. The van der Waals surface area contributed by atoms with Crippen molar-refractivity contribution in [2.75, 3.05) is 7.11 Å². The van der Waals surface area contributed by atoms with Crippen molar-refractivity contribution in [1.29, 1.82) is 0 Å². The number of esters is 3. The SMILES string of the molecule is COc1cc(C2=N/C(=C\c3cc(Br)ccc3OC(=O)/C=C/c3ccc([N+](=O)[O-])cc3)C(=O)O2)ccc1OC(C)=O. The van der Waals surface area contributed by atoms with Crippen molar-refractivity contribution in [3.8, 4) is 17.2 Å². The molecule has 0 saturated heterocycles. The Kier molecular flexibility index (Phi) is 8.50. The quantitative estimate of drug-likeness (QED) is 0.110. The lowest BCUT2D eigenvalue weighted by atomic mass is 10.1. The Morgan fingerprint density at radius 2 is 1.73 bits per heavy atom. The summed E-state index contributed by atoms with van der Waals surface area (Å²) in [6.07, 6.45) is 4.04. The van der Waals surface area contributed by atoms with E-state index in [-0.39, 0.29) is 34.5 Å². The molecule has 11 nitrogen and oxygen atoms in total. The number of nitro groups is 1. The molecule has 0 saturated carbocycles. The molecule has 0 unspecified atom stereocenters. The number of carbonyl (C=O) groups excluding carboxylic acids is 3. The summed E-state index contributed by atoms with van der Waals surface area (Å²) in [5.41, 5.74) is 1.22. The summed E-state index contributed by atoms with van der Waals surface area (Å²) < 4.78 is 21.8. The Hall–Kier alpha value is -5.10. The molecule has 0 aliphatic carbocycles. The third-order valence-corrected chi connectivity index (χ3v) is 5.77. The van der Waals surface area contributed by atoms with Crippen molar-refractivity contribution in [1.82, 2.24) is 0 Å². The van der Waals surface area contributed by atoms with Gasteiger partial charge in [0.25, 0.3) is 5.69 Å². The molecule has 0 aromatic heterocycles. The van der Waals surface area contributed by atoms with Gasteiger partial charge in [-0.25, -0.2) is 14.6 Å². The van der Waals surface area contributed by atoms with Crippen LogP contribution in [0, 0.1) is 10.1 Å². The molecular formula is C28H19BrN2O9. The van der Waals surface area contributed by atoms with Crippen molar-refractivity contribution >= 4 is 57.6 Å². The summed E-state index contributed by atoms with van der Waals surface area (Å²) in [4.78, 5) is 50.9. The van der Waals surface area contributed by atoms with E-state index in [1.165, 1.54) is 74.7 Å². The lowest BCUT2D eigenvalue weighted by Gasteiger charge is -2.09. The van der Waals surface area contributed by atoms with Gasteiger partial charge in [-0.1, -0.05) is 15.9 Å². The molecule has 3 aromatic carbocycles. The fraction of sp³-hybridized carbons (Fsp3) is 0.0714. The highest BCUT2D eigenvalue weighted by molar-refractivity contribution is 9.10. The number of hydrogen-bond donors (Lipinski definition) is 0. The van der Waals surface area contributed by atoms with Gasteiger partial charge >= 0.3 is 17.9 Å². The minimum atomic E-state index is -0.728. The van der Waals surface area contributed by atoms with E-state index in [2.05, 4.69) is 20.9 Å². The molecule has 0 N–H and O–H groups in total. The molecule has 0 atom stereocenters. The standard InChI is InChI=1S/C28H19BrN2O9/c1-16(32)38-24-10-6-18(15-25(24)37-2)27-30-22(28(34)40-27)14-19-13-20(29)7-11-23(19)39-26(33)12-5-17-3-8-21(9-4-17)31(35)36/h3-15H,1-2H3/b12-5+,22-14-. The number of aliphatic imine (C=N–C) groups is 1. The number of benzene rings is 3. The van der Waals surface area contributed by atoms with Gasteiger partial charge in [0.1, 0.15) is 5.75 Å². The first-order valence-electron chi connectivity index (χ1n) is 11.5. The van der Waals surface area contributed by atoms with E-state index < -0.39 is 22.8 Å². The second-order valence-electron chi connectivity index (χ2n) is 8.08. The first kappa shape index (κ1) is 27.9. The molecule has 202 valence electrons. The topological polar surface area (TPSA) is 144 Å². The lowest BCUT2D eigenvalue weighted by Crippen LogP contribution is -2.07. The van der Waals surface area contributed by atoms with Crippen molar-refractivity contribution in [2.24, 2.45) is 4.99 Å². The maximum absolute atomic E-state index is 12.6. The minimum Gasteiger partial charge on any atom is -0.493 e. The zero-order valence-electron chi connectivity index (χ0n) is 21.0. The van der Waals surface area contributed by atoms with E-state index in [0.717, 1.165) is 0 Å². The molecule has 1 aliphatic heterocycles. The number of nitrogens with zero attached hydrogens (tertiary/aromatic N) is 2. The summed E-state index contributed by atoms with van der Waals surface area (Å²) in [5, 5.41) is 10.8. The van der Waals surface area contributed by atoms with Crippen LogP contribution in [0.25, 0.3) is 12.2 Å². The normalized spacial score (nSPS) is 13.6. The number of non-ortho nitro benzene ring substituents is 1. The van der Waals surface area contributed by atoms with Gasteiger partial charge in [0.15, 0.2) is 17.2 Å². The van der Waals surface area contributed by atoms with E-state index in [1.54, 1.807) is 18.2 Å². The number of halogens is 1. The summed E-state index contributed by atoms with van der Waals surface area (Å²) in [6, 6.07) is 15.0. The molecule has 0 fully saturated rings. The van der Waals surface area contributed by atoms with Crippen molar-refractivity contribution in [2.45, 2.75) is 6.92 Å². The Morgan fingerprint density at radius 3 is 2.40 bits per heavy atom. The average Bonchev–Trinajstić information content (AvgIpc) is 3.29. The van der Waals surface area contributed by atoms with E-state index >= 15 is 0 Å².